The van der Waals surface area contributed by atoms with E-state index in [0.29, 0.717) is 17.5 Å². The summed E-state index contributed by atoms with van der Waals surface area (Å²) in [7, 11) is 0. The maximum absolute atomic E-state index is 13.9. The average Bonchev–Trinajstić information content (AvgIpc) is 2.65. The van der Waals surface area contributed by atoms with Crippen LogP contribution in [0.5, 0.6) is 5.75 Å². The van der Waals surface area contributed by atoms with E-state index in [1.165, 1.54) is 0 Å². The van der Waals surface area contributed by atoms with Crippen LogP contribution >= 0.6 is 0 Å². The van der Waals surface area contributed by atoms with Crippen LogP contribution < -0.4 is 0 Å². The van der Waals surface area contributed by atoms with Crippen LogP contribution in [-0.4, -0.2) is 43.4 Å². The Labute approximate surface area is 198 Å². The van der Waals surface area contributed by atoms with Gasteiger partial charge in [-0.05, 0) is 43.2 Å². The van der Waals surface area contributed by atoms with Crippen molar-refractivity contribution in [2.45, 2.75) is 78.7 Å². The lowest BCUT2D eigenvalue weighted by Crippen LogP contribution is -2.63. The van der Waals surface area contributed by atoms with E-state index in [4.69, 9.17) is 0 Å². The minimum absolute atomic E-state index is 0.0737. The molecule has 3 atom stereocenters. The first-order valence-electron chi connectivity index (χ1n) is 11.5. The van der Waals surface area contributed by atoms with E-state index in [1.54, 1.807) is 13.8 Å². The summed E-state index contributed by atoms with van der Waals surface area (Å²) in [6, 6.07) is 1.87. The third-order valence-corrected chi connectivity index (χ3v) is 8.05. The number of ketones is 3. The summed E-state index contributed by atoms with van der Waals surface area (Å²) >= 11 is 0. The highest BCUT2D eigenvalue weighted by molar-refractivity contribution is 6.25. The maximum Gasteiger partial charge on any atom is 0.209 e. The molecule has 0 radical (unpaired) electrons. The normalized spacial score (nSPS) is 31.3. The van der Waals surface area contributed by atoms with Gasteiger partial charge in [-0.2, -0.15) is 0 Å². The van der Waals surface area contributed by atoms with Crippen molar-refractivity contribution in [1.29, 1.82) is 0 Å². The van der Waals surface area contributed by atoms with Crippen molar-refractivity contribution in [1.82, 2.24) is 0 Å². The molecule has 0 heterocycles. The summed E-state index contributed by atoms with van der Waals surface area (Å²) in [4.78, 5) is 39.3. The average molecular weight is 469 g/mol. The lowest BCUT2D eigenvalue weighted by atomic mass is 9.48. The molecule has 4 rings (SSSR count). The van der Waals surface area contributed by atoms with Gasteiger partial charge in [0, 0.05) is 28.4 Å². The number of hydrogen-bond donors (Lipinski definition) is 4. The molecule has 0 aromatic heterocycles. The number of aliphatic hydroxyl groups excluding tert-OH is 2. The lowest BCUT2D eigenvalue weighted by molar-refractivity contribution is -0.159. The Balaban J connectivity index is 2.04. The zero-order valence-corrected chi connectivity index (χ0v) is 20.7. The van der Waals surface area contributed by atoms with Gasteiger partial charge in [0.2, 0.25) is 5.78 Å². The number of carbonyl (C=O) groups excluding carboxylic acids is 3. The highest BCUT2D eigenvalue weighted by atomic mass is 16.3. The third kappa shape index (κ3) is 2.82. The first-order chi connectivity index (χ1) is 15.4. The summed E-state index contributed by atoms with van der Waals surface area (Å²) < 4.78 is 0. The summed E-state index contributed by atoms with van der Waals surface area (Å²) in [6.07, 6.45) is 0.190. The first-order valence-corrected chi connectivity index (χ1v) is 11.5. The standard InChI is InChI=1S/C27H32O7/c1-12-8-15(24(3,4)5)20(30)18-14(12)9-25(6)11-26(7)10-16(29)17(13(2)28)22(32)27(26,34)23(33)19(25)21(18)31/h8,29-30,33-34H,9-11H2,1-7H3/t25-,26+,27+/m0/s1. The second-order valence-electron chi connectivity index (χ2n) is 11.8. The quantitative estimate of drug-likeness (QED) is 0.457. The van der Waals surface area contributed by atoms with Crippen LogP contribution in [0.25, 0.3) is 0 Å². The number of rotatable bonds is 1. The van der Waals surface area contributed by atoms with Crippen molar-refractivity contribution in [3.05, 3.63) is 51.0 Å². The predicted octanol–water partition coefficient (Wildman–Crippen LogP) is 4.07. The van der Waals surface area contributed by atoms with Gasteiger partial charge in [0.15, 0.2) is 17.2 Å². The van der Waals surface area contributed by atoms with Crippen LogP contribution in [0, 0.1) is 17.8 Å². The van der Waals surface area contributed by atoms with E-state index in [0.717, 1.165) is 12.5 Å². The molecule has 4 N–H and O–H groups in total. The molecule has 34 heavy (non-hydrogen) atoms. The number of aryl methyl sites for hydroxylation is 1. The molecule has 182 valence electrons. The van der Waals surface area contributed by atoms with Crippen molar-refractivity contribution in [3.63, 3.8) is 0 Å². The van der Waals surface area contributed by atoms with Crippen LogP contribution in [-0.2, 0) is 21.4 Å². The largest absolute Gasteiger partial charge is 0.511 e. The number of phenols is 1. The molecular weight excluding hydrogens is 436 g/mol. The minimum Gasteiger partial charge on any atom is -0.511 e. The number of aromatic hydroxyl groups is 1. The third-order valence-electron chi connectivity index (χ3n) is 8.05. The van der Waals surface area contributed by atoms with Crippen molar-refractivity contribution in [2.75, 3.05) is 0 Å². The lowest BCUT2D eigenvalue weighted by Gasteiger charge is -2.56. The topological polar surface area (TPSA) is 132 Å². The van der Waals surface area contributed by atoms with E-state index in [1.807, 2.05) is 33.8 Å². The fourth-order valence-corrected chi connectivity index (χ4v) is 6.47. The molecule has 0 saturated carbocycles. The molecule has 3 aliphatic rings. The molecule has 7 heteroatoms. The van der Waals surface area contributed by atoms with Crippen molar-refractivity contribution < 1.29 is 34.8 Å². The van der Waals surface area contributed by atoms with Gasteiger partial charge in [-0.1, -0.05) is 40.7 Å². The Hall–Kier alpha value is -2.93. The van der Waals surface area contributed by atoms with Crippen LogP contribution in [0.2, 0.25) is 0 Å². The number of phenolic OH excluding ortho intramolecular Hbond substituents is 1. The SMILES string of the molecule is CC(=O)C1=C(O)C[C@]2(C)C[C@]3(C)Cc4c(C)cc(C(C)(C)C)c(O)c4C(=O)C3=C(O)[C@]2(O)C1=O. The van der Waals surface area contributed by atoms with Gasteiger partial charge in [-0.15, -0.1) is 0 Å². The number of Topliss-reactive ketones (excluding diaryl/α,β-unsaturated/α-hetero) is 3. The molecule has 0 unspecified atom stereocenters. The second-order valence-corrected chi connectivity index (χ2v) is 11.8. The summed E-state index contributed by atoms with van der Waals surface area (Å²) in [5.41, 5.74) is -3.86. The fourth-order valence-electron chi connectivity index (χ4n) is 6.47. The van der Waals surface area contributed by atoms with Crippen molar-refractivity contribution >= 4 is 17.3 Å². The molecule has 0 aliphatic heterocycles. The van der Waals surface area contributed by atoms with Crippen LogP contribution in [0.3, 0.4) is 0 Å². The first kappa shape index (κ1) is 24.2. The van der Waals surface area contributed by atoms with E-state index < -0.39 is 56.3 Å². The highest BCUT2D eigenvalue weighted by Crippen LogP contribution is 2.62. The molecule has 3 aliphatic carbocycles. The van der Waals surface area contributed by atoms with Crippen molar-refractivity contribution in [3.8, 4) is 5.75 Å². The van der Waals surface area contributed by atoms with E-state index in [9.17, 15) is 34.8 Å². The molecule has 7 nitrogen and oxygen atoms in total. The van der Waals surface area contributed by atoms with Gasteiger partial charge in [-0.25, -0.2) is 0 Å². The number of benzene rings is 1. The Kier molecular flexibility index (Phi) is 4.85. The summed E-state index contributed by atoms with van der Waals surface area (Å²) in [6.45, 7) is 12.1. The molecule has 0 fully saturated rings. The number of hydrogen-bond acceptors (Lipinski definition) is 7. The van der Waals surface area contributed by atoms with E-state index in [-0.39, 0.29) is 29.7 Å². The predicted molar refractivity (Wildman–Crippen MR) is 125 cm³/mol. The van der Waals surface area contributed by atoms with E-state index >= 15 is 0 Å². The number of aliphatic hydroxyl groups is 3. The molecule has 0 saturated heterocycles. The Morgan fingerprint density at radius 2 is 1.65 bits per heavy atom. The number of fused-ring (bicyclic) bond motifs is 3. The van der Waals surface area contributed by atoms with Crippen molar-refractivity contribution in [2.24, 2.45) is 10.8 Å². The summed E-state index contributed by atoms with van der Waals surface area (Å²) in [5.74, 6) is -3.87. The molecule has 0 amide bonds. The zero-order valence-electron chi connectivity index (χ0n) is 20.7. The van der Waals surface area contributed by atoms with Gasteiger partial charge in [0.05, 0.1) is 5.56 Å². The van der Waals surface area contributed by atoms with Gasteiger partial charge in [-0.3, -0.25) is 14.4 Å². The van der Waals surface area contributed by atoms with Crippen LogP contribution in [0.1, 0.15) is 81.4 Å². The maximum atomic E-state index is 13.9. The molecular formula is C27H32O7. The zero-order chi connectivity index (χ0) is 25.8. The number of carbonyl (C=O) groups is 3. The second kappa shape index (κ2) is 6.81. The van der Waals surface area contributed by atoms with Gasteiger partial charge in [0.1, 0.15) is 22.8 Å². The highest BCUT2D eigenvalue weighted by Gasteiger charge is 2.67. The molecule has 1 aromatic rings. The smallest absolute Gasteiger partial charge is 0.209 e. The Morgan fingerprint density at radius 1 is 1.06 bits per heavy atom. The Morgan fingerprint density at radius 3 is 2.18 bits per heavy atom. The monoisotopic (exact) mass is 468 g/mol. The van der Waals surface area contributed by atoms with Gasteiger partial charge in [0.25, 0.3) is 0 Å². The summed E-state index contributed by atoms with van der Waals surface area (Å²) in [5, 5.41) is 44.8. The van der Waals surface area contributed by atoms with Gasteiger partial charge < -0.3 is 20.4 Å². The fraction of sp³-hybridized carbons (Fsp3) is 0.519. The van der Waals surface area contributed by atoms with Crippen LogP contribution in [0.15, 0.2) is 28.7 Å². The van der Waals surface area contributed by atoms with Crippen LogP contribution in [0.4, 0.5) is 0 Å². The molecule has 0 spiro atoms. The molecule has 1 aromatic carbocycles. The number of allylic oxidation sites excluding steroid dienone is 2. The van der Waals surface area contributed by atoms with E-state index in [2.05, 4.69) is 0 Å². The Bertz CT molecular complexity index is 1260. The van der Waals surface area contributed by atoms with Gasteiger partial charge >= 0.3 is 0 Å². The molecule has 0 bridgehead atoms. The minimum atomic E-state index is -2.55.